The number of hydrogen-bond acceptors (Lipinski definition) is 13. The summed E-state index contributed by atoms with van der Waals surface area (Å²) in [5.74, 6) is 0. The second kappa shape index (κ2) is 26.5. The van der Waals surface area contributed by atoms with E-state index in [0.717, 1.165) is 10.0 Å². The third-order valence-corrected chi connectivity index (χ3v) is 20.1. The van der Waals surface area contributed by atoms with Crippen LogP contribution in [0.3, 0.4) is 0 Å². The van der Waals surface area contributed by atoms with Gasteiger partial charge in [-0.15, -0.1) is 55.5 Å². The second-order valence-corrected chi connectivity index (χ2v) is 38.5. The Morgan fingerprint density at radius 1 is 0.333 bits per heavy atom. The van der Waals surface area contributed by atoms with Crippen molar-refractivity contribution in [1.82, 2.24) is 33.9 Å². The van der Waals surface area contributed by atoms with Crippen LogP contribution in [0.2, 0.25) is 0 Å². The van der Waals surface area contributed by atoms with Crippen LogP contribution in [0.1, 0.15) is 311 Å². The first kappa shape index (κ1) is 73.7. The zero-order chi connectivity index (χ0) is 61.7. The van der Waals surface area contributed by atoms with Crippen molar-refractivity contribution in [3.8, 4) is 0 Å². The summed E-state index contributed by atoms with van der Waals surface area (Å²) in [5.41, 5.74) is 9.33. The molecule has 0 saturated heterocycles. The van der Waals surface area contributed by atoms with Gasteiger partial charge in [0, 0.05) is 75.2 Å². The van der Waals surface area contributed by atoms with Crippen molar-refractivity contribution in [3.63, 3.8) is 0 Å². The molecule has 0 aliphatic heterocycles. The van der Waals surface area contributed by atoms with Crippen LogP contribution in [-0.4, -0.2) is 33.9 Å². The smallest absolute Gasteiger partial charge is 0.122 e. The van der Waals surface area contributed by atoms with Crippen LogP contribution < -0.4 is 0 Å². The zero-order valence-corrected chi connectivity index (χ0v) is 61.4. The minimum absolute atomic E-state index is 0.126. The summed E-state index contributed by atoms with van der Waals surface area (Å²) < 4.78 is 8.79. The highest BCUT2D eigenvalue weighted by Gasteiger charge is 2.30. The zero-order valence-electron chi connectivity index (χ0n) is 56.5. The molecule has 0 atom stereocenters. The number of hydrogen-bond donors (Lipinski definition) is 0. The molecule has 0 aliphatic rings. The largest absolute Gasteiger partial charge is 0.249 e. The lowest BCUT2D eigenvalue weighted by Crippen LogP contribution is -2.20. The van der Waals surface area contributed by atoms with E-state index in [2.05, 4.69) is 295 Å². The number of nitrogens with zero attached hydrogens (tertiary/aromatic N) is 7. The van der Waals surface area contributed by atoms with Gasteiger partial charge >= 0.3 is 0 Å². The molecule has 6 aromatic heterocycles. The number of thiazole rings is 3. The highest BCUT2D eigenvalue weighted by Crippen LogP contribution is 2.39. The molecule has 444 valence electrons. The fraction of sp³-hybridized carbons (Fsp3) is 0.738. The summed E-state index contributed by atoms with van der Waals surface area (Å²) >= 11 is 10.4. The van der Waals surface area contributed by atoms with E-state index in [-0.39, 0.29) is 65.0 Å². The Morgan fingerprint density at radius 3 is 1.01 bits per heavy atom. The molecule has 0 spiro atoms. The first-order valence-electron chi connectivity index (χ1n) is 28.0. The molecule has 0 unspecified atom stereocenters. The third kappa shape index (κ3) is 24.7. The molecule has 6 aromatic rings. The molecule has 7 nitrogen and oxygen atoms in total. The Morgan fingerprint density at radius 2 is 0.769 bits per heavy atom. The fourth-order valence-corrected chi connectivity index (χ4v) is 12.5. The molecule has 6 rings (SSSR count). The minimum Gasteiger partial charge on any atom is -0.249 e. The second-order valence-electron chi connectivity index (χ2n) is 33.2. The van der Waals surface area contributed by atoms with Crippen molar-refractivity contribution in [1.29, 1.82) is 0 Å². The van der Waals surface area contributed by atoms with Crippen molar-refractivity contribution < 1.29 is 0 Å². The number of aromatic nitrogens is 7. The van der Waals surface area contributed by atoms with E-state index in [0.29, 0.717) is 0 Å². The molecule has 0 amide bonds. The van der Waals surface area contributed by atoms with E-state index < -0.39 is 0 Å². The Hall–Kier alpha value is -2.29. The summed E-state index contributed by atoms with van der Waals surface area (Å²) in [7, 11) is 0. The minimum atomic E-state index is 0.126. The predicted octanol–water partition coefficient (Wildman–Crippen LogP) is 21.8. The van der Waals surface area contributed by atoms with Gasteiger partial charge in [0.15, 0.2) is 0 Å². The van der Waals surface area contributed by atoms with Gasteiger partial charge in [0.1, 0.15) is 10.0 Å². The van der Waals surface area contributed by atoms with Crippen LogP contribution in [0.25, 0.3) is 0 Å². The molecule has 6 heterocycles. The van der Waals surface area contributed by atoms with E-state index in [1.54, 1.807) is 57.1 Å². The van der Waals surface area contributed by atoms with Gasteiger partial charge in [-0.3, -0.25) is 0 Å². The van der Waals surface area contributed by atoms with Crippen molar-refractivity contribution in [2.75, 3.05) is 0 Å². The average molecular weight is 1190 g/mol. The van der Waals surface area contributed by atoms with Gasteiger partial charge in [-0.1, -0.05) is 249 Å². The SMILES string of the molecule is CC(C)(C)c1cc(C(C)(C)C)sn1.CC(C)(C)c1cnc(C(C)(C)C)s1.CC(C)(C)c1cnsc1C(C)(C)C.CC(C)(C)c1csc(C(C)(C)C)n1.CC(C)(C)c1ncsc1C(C)(C)C.CC(C)(C)c1nnc(C(C)(C)C)s1. The molecule has 0 aromatic carbocycles. The van der Waals surface area contributed by atoms with Crippen LogP contribution in [0.4, 0.5) is 0 Å². The van der Waals surface area contributed by atoms with Gasteiger partial charge in [0.25, 0.3) is 0 Å². The molecule has 78 heavy (non-hydrogen) atoms. The van der Waals surface area contributed by atoms with E-state index in [1.165, 1.54) is 52.2 Å². The van der Waals surface area contributed by atoms with E-state index in [4.69, 9.17) is 0 Å². The highest BCUT2D eigenvalue weighted by atomic mass is 32.1. The molecule has 0 fully saturated rings. The number of rotatable bonds is 0. The van der Waals surface area contributed by atoms with Gasteiger partial charge in [-0.25, -0.2) is 19.3 Å². The summed E-state index contributed by atoms with van der Waals surface area (Å²) in [6.07, 6.45) is 4.04. The highest BCUT2D eigenvalue weighted by molar-refractivity contribution is 7.12. The van der Waals surface area contributed by atoms with E-state index in [9.17, 15) is 0 Å². The molecule has 0 N–H and O–H groups in total. The first-order valence-corrected chi connectivity index (χ1v) is 32.9. The van der Waals surface area contributed by atoms with Crippen molar-refractivity contribution in [2.24, 2.45) is 0 Å². The van der Waals surface area contributed by atoms with Gasteiger partial charge < -0.3 is 0 Å². The maximum Gasteiger partial charge on any atom is 0.122 e. The Balaban J connectivity index is 0.000000468. The molecule has 0 aliphatic carbocycles. The van der Waals surface area contributed by atoms with Crippen LogP contribution in [-0.2, 0) is 65.0 Å². The lowest BCUT2D eigenvalue weighted by atomic mass is 9.81. The topological polar surface area (TPSA) is 90.2 Å². The Bertz CT molecular complexity index is 2200. The summed E-state index contributed by atoms with van der Waals surface area (Å²) in [5, 5.41) is 15.3. The standard InChI is InChI=1S/5C11H19NS.C10H18N2S/c1-10(2,3)8-9(11(4,5)6)13-7-12-8;1-10(2,3)8-7-13-9(12-8)11(4,5)6;1-10(2,3)8-7-12-9(13-8)11(4,5)6;1-10(2,3)8-7-12-13-9(8)11(4,5)6;1-10(2,3)8-7-9(13-12-8)11(4,5)6;1-9(2,3)7-11-12-8(13-7)10(4,5)6/h5*7H,1-6H3;1-6H3. The maximum atomic E-state index is 4.67. The van der Waals surface area contributed by atoms with Gasteiger partial charge in [-0.05, 0) is 61.8 Å². The van der Waals surface area contributed by atoms with Crippen molar-refractivity contribution in [3.05, 3.63) is 91.5 Å². The van der Waals surface area contributed by atoms with Gasteiger partial charge in [0.2, 0.25) is 0 Å². The first-order chi connectivity index (χ1) is 34.3. The predicted molar refractivity (Wildman–Crippen MR) is 355 cm³/mol. The molecule has 0 bridgehead atoms. The third-order valence-electron chi connectivity index (χ3n) is 11.5. The van der Waals surface area contributed by atoms with Crippen LogP contribution >= 0.6 is 68.4 Å². The fourth-order valence-electron chi connectivity index (χ4n) is 6.37. The Kier molecular flexibility index (Phi) is 25.1. The van der Waals surface area contributed by atoms with Gasteiger partial charge in [-0.2, -0.15) is 4.37 Å². The summed E-state index contributed by atoms with van der Waals surface area (Å²) in [4.78, 5) is 19.2. The molecule has 0 radical (unpaired) electrons. The monoisotopic (exact) mass is 1180 g/mol. The summed E-state index contributed by atoms with van der Waals surface area (Å²) in [6.45, 7) is 79.7. The molecular formula is C65H113N7S6. The van der Waals surface area contributed by atoms with Crippen LogP contribution in [0.15, 0.2) is 29.4 Å². The van der Waals surface area contributed by atoms with E-state index >= 15 is 0 Å². The lowest BCUT2D eigenvalue weighted by molar-refractivity contribution is 0.527. The molecule has 0 saturated carbocycles. The normalized spacial score (nSPS) is 13.4. The molecular weight excluding hydrogens is 1070 g/mol. The van der Waals surface area contributed by atoms with Crippen molar-refractivity contribution >= 4 is 68.4 Å². The van der Waals surface area contributed by atoms with Crippen molar-refractivity contribution in [2.45, 2.75) is 314 Å². The molecule has 13 heteroatoms. The maximum absolute atomic E-state index is 4.67. The summed E-state index contributed by atoms with van der Waals surface area (Å²) in [6, 6.07) is 2.24. The average Bonchev–Trinajstić information content (AvgIpc) is 4.06. The lowest BCUT2D eigenvalue weighted by Gasteiger charge is -2.25. The van der Waals surface area contributed by atoms with Crippen LogP contribution in [0.5, 0.6) is 0 Å². The quantitative estimate of drug-likeness (QED) is 0.150. The van der Waals surface area contributed by atoms with E-state index in [1.807, 2.05) is 29.2 Å². The Labute approximate surface area is 504 Å². The van der Waals surface area contributed by atoms with Gasteiger partial charge in [0.05, 0.1) is 32.6 Å². The van der Waals surface area contributed by atoms with Crippen LogP contribution in [0, 0.1) is 0 Å².